The van der Waals surface area contributed by atoms with Gasteiger partial charge in [0.15, 0.2) is 0 Å². The van der Waals surface area contributed by atoms with Crippen molar-refractivity contribution in [3.8, 4) is 5.75 Å². The van der Waals surface area contributed by atoms with E-state index in [1.807, 2.05) is 0 Å². The first-order valence-electron chi connectivity index (χ1n) is 8.59. The van der Waals surface area contributed by atoms with Gasteiger partial charge in [0.2, 0.25) is 0 Å². The second kappa shape index (κ2) is 8.31. The third-order valence-electron chi connectivity index (χ3n) is 4.40. The van der Waals surface area contributed by atoms with Crippen LogP contribution in [0.25, 0.3) is 0 Å². The molecule has 2 saturated heterocycles. The van der Waals surface area contributed by atoms with Crippen molar-refractivity contribution in [1.29, 1.82) is 0 Å². The smallest absolute Gasteiger partial charge is 0.306 e. The number of carbonyl (C=O) groups excluding carboxylic acids is 1. The fourth-order valence-corrected chi connectivity index (χ4v) is 3.07. The maximum atomic E-state index is 12.6. The molecule has 25 heavy (non-hydrogen) atoms. The normalized spacial score (nSPS) is 21.8. The Morgan fingerprint density at radius 3 is 2.56 bits per heavy atom. The Morgan fingerprint density at radius 1 is 1.16 bits per heavy atom. The number of aliphatic carboxylic acids is 1. The van der Waals surface area contributed by atoms with Gasteiger partial charge in [-0.15, -0.1) is 0 Å². The van der Waals surface area contributed by atoms with Crippen LogP contribution >= 0.6 is 0 Å². The van der Waals surface area contributed by atoms with Gasteiger partial charge in [0.1, 0.15) is 11.9 Å². The summed E-state index contributed by atoms with van der Waals surface area (Å²) in [7, 11) is 0. The zero-order chi connectivity index (χ0) is 17.6. The van der Waals surface area contributed by atoms with Crippen LogP contribution in [0.5, 0.6) is 5.75 Å². The molecule has 0 aromatic heterocycles. The Balaban J connectivity index is 1.57. The Hall–Kier alpha value is -2.12. The zero-order valence-corrected chi connectivity index (χ0v) is 14.1. The van der Waals surface area contributed by atoms with E-state index in [4.69, 9.17) is 19.3 Å². The van der Waals surface area contributed by atoms with Gasteiger partial charge in [-0.1, -0.05) is 0 Å². The molecule has 1 aromatic rings. The number of carboxylic acids is 1. The summed E-state index contributed by atoms with van der Waals surface area (Å²) in [6.07, 6.45) is 1.36. The Morgan fingerprint density at radius 2 is 1.88 bits per heavy atom. The number of rotatable bonds is 5. The lowest BCUT2D eigenvalue weighted by Gasteiger charge is -2.32. The largest absolute Gasteiger partial charge is 0.490 e. The van der Waals surface area contributed by atoms with Gasteiger partial charge in [-0.25, -0.2) is 0 Å². The van der Waals surface area contributed by atoms with Crippen LogP contribution < -0.4 is 4.74 Å². The number of hydrogen-bond acceptors (Lipinski definition) is 5. The first kappa shape index (κ1) is 17.7. The number of hydrogen-bond donors (Lipinski definition) is 1. The monoisotopic (exact) mass is 349 g/mol. The molecule has 1 N–H and O–H groups in total. The molecule has 136 valence electrons. The van der Waals surface area contributed by atoms with Crippen molar-refractivity contribution >= 4 is 11.9 Å². The molecule has 0 aliphatic carbocycles. The number of morpholine rings is 1. The van der Waals surface area contributed by atoms with Gasteiger partial charge in [-0.05, 0) is 24.3 Å². The molecule has 0 spiro atoms. The summed E-state index contributed by atoms with van der Waals surface area (Å²) in [4.78, 5) is 25.1. The van der Waals surface area contributed by atoms with Crippen molar-refractivity contribution in [2.45, 2.75) is 31.5 Å². The van der Waals surface area contributed by atoms with E-state index in [2.05, 4.69) is 0 Å². The molecule has 2 aliphatic heterocycles. The maximum absolute atomic E-state index is 12.6. The van der Waals surface area contributed by atoms with Crippen molar-refractivity contribution in [1.82, 2.24) is 4.90 Å². The van der Waals surface area contributed by atoms with Gasteiger partial charge in [0.25, 0.3) is 5.91 Å². The number of carboxylic acid groups (broad SMARTS) is 1. The minimum atomic E-state index is -0.922. The number of benzene rings is 1. The van der Waals surface area contributed by atoms with Gasteiger partial charge in [-0.2, -0.15) is 0 Å². The minimum absolute atomic E-state index is 0.0956. The van der Waals surface area contributed by atoms with E-state index in [9.17, 15) is 9.59 Å². The number of ether oxygens (including phenoxy) is 3. The molecule has 1 unspecified atom stereocenters. The van der Waals surface area contributed by atoms with Crippen LogP contribution in [-0.2, 0) is 14.3 Å². The lowest BCUT2D eigenvalue weighted by atomic mass is 10.1. The molecule has 3 rings (SSSR count). The van der Waals surface area contributed by atoms with E-state index >= 15 is 0 Å². The van der Waals surface area contributed by atoms with E-state index in [1.165, 1.54) is 0 Å². The molecule has 1 atom stereocenters. The number of carbonyl (C=O) groups is 2. The molecular formula is C18H23NO6. The molecule has 7 heteroatoms. The molecule has 2 aliphatic rings. The van der Waals surface area contributed by atoms with Crippen molar-refractivity contribution in [3.05, 3.63) is 29.8 Å². The Bertz CT molecular complexity index is 596. The molecule has 1 amide bonds. The van der Waals surface area contributed by atoms with Gasteiger partial charge in [-0.3, -0.25) is 9.59 Å². The van der Waals surface area contributed by atoms with E-state index in [0.717, 1.165) is 31.8 Å². The van der Waals surface area contributed by atoms with Crippen molar-refractivity contribution in [3.63, 3.8) is 0 Å². The summed E-state index contributed by atoms with van der Waals surface area (Å²) in [5.41, 5.74) is 0.565. The van der Waals surface area contributed by atoms with Crippen molar-refractivity contribution in [2.75, 3.05) is 32.9 Å². The fourth-order valence-electron chi connectivity index (χ4n) is 3.07. The van der Waals surface area contributed by atoms with Gasteiger partial charge in [0, 0.05) is 31.5 Å². The van der Waals surface area contributed by atoms with Crippen molar-refractivity contribution in [2.24, 2.45) is 0 Å². The molecule has 0 bridgehead atoms. The summed E-state index contributed by atoms with van der Waals surface area (Å²) in [5, 5.41) is 8.87. The summed E-state index contributed by atoms with van der Waals surface area (Å²) in [6.45, 7) is 2.56. The predicted octanol–water partition coefficient (Wildman–Crippen LogP) is 1.56. The summed E-state index contributed by atoms with van der Waals surface area (Å²) in [6, 6.07) is 7.10. The first-order chi connectivity index (χ1) is 12.1. The molecule has 2 fully saturated rings. The highest BCUT2D eigenvalue weighted by Crippen LogP contribution is 2.20. The van der Waals surface area contributed by atoms with Gasteiger partial charge in [0.05, 0.1) is 32.3 Å². The standard InChI is InChI=1S/C18H23NO6/c20-17(21)11-16-12-19(7-10-24-16)18(22)13-1-3-14(4-2-13)25-15-5-8-23-9-6-15/h1-4,15-16H,5-12H2,(H,20,21). The third kappa shape index (κ3) is 4.93. The van der Waals surface area contributed by atoms with Crippen LogP contribution in [0.1, 0.15) is 29.6 Å². The first-order valence-corrected chi connectivity index (χ1v) is 8.59. The highest BCUT2D eigenvalue weighted by molar-refractivity contribution is 5.94. The highest BCUT2D eigenvalue weighted by atomic mass is 16.5. The molecule has 2 heterocycles. The van der Waals surface area contributed by atoms with Crippen LogP contribution in [0.2, 0.25) is 0 Å². The second-order valence-electron chi connectivity index (χ2n) is 6.30. The molecule has 7 nitrogen and oxygen atoms in total. The lowest BCUT2D eigenvalue weighted by Crippen LogP contribution is -2.46. The average Bonchev–Trinajstić information content (AvgIpc) is 2.62. The SMILES string of the molecule is O=C(O)CC1CN(C(=O)c2ccc(OC3CCOCC3)cc2)CCO1. The van der Waals surface area contributed by atoms with Crippen LogP contribution in [0.3, 0.4) is 0 Å². The summed E-state index contributed by atoms with van der Waals surface area (Å²) < 4.78 is 16.6. The Kier molecular flexibility index (Phi) is 5.88. The maximum Gasteiger partial charge on any atom is 0.306 e. The summed E-state index contributed by atoms with van der Waals surface area (Å²) in [5.74, 6) is -0.292. The van der Waals surface area contributed by atoms with E-state index in [-0.39, 0.29) is 18.4 Å². The fraction of sp³-hybridized carbons (Fsp3) is 0.556. The Labute approximate surface area is 146 Å². The van der Waals surface area contributed by atoms with Crippen molar-refractivity contribution < 1.29 is 28.9 Å². The van der Waals surface area contributed by atoms with Crippen LogP contribution in [0.15, 0.2) is 24.3 Å². The topological polar surface area (TPSA) is 85.3 Å². The molecule has 0 radical (unpaired) electrons. The van der Waals surface area contributed by atoms with Crippen LogP contribution in [0.4, 0.5) is 0 Å². The summed E-state index contributed by atoms with van der Waals surface area (Å²) >= 11 is 0. The third-order valence-corrected chi connectivity index (χ3v) is 4.40. The second-order valence-corrected chi connectivity index (χ2v) is 6.30. The van der Waals surface area contributed by atoms with Crippen LogP contribution in [-0.4, -0.2) is 67.0 Å². The van der Waals surface area contributed by atoms with Gasteiger partial charge < -0.3 is 24.2 Å². The van der Waals surface area contributed by atoms with Gasteiger partial charge >= 0.3 is 5.97 Å². The molecule has 1 aromatic carbocycles. The van der Waals surface area contributed by atoms with Crippen LogP contribution in [0, 0.1) is 0 Å². The van der Waals surface area contributed by atoms with E-state index < -0.39 is 12.1 Å². The quantitative estimate of drug-likeness (QED) is 0.868. The predicted molar refractivity (Wildman–Crippen MR) is 88.8 cm³/mol. The minimum Gasteiger partial charge on any atom is -0.490 e. The molecule has 0 saturated carbocycles. The number of amides is 1. The van der Waals surface area contributed by atoms with E-state index in [1.54, 1.807) is 29.2 Å². The average molecular weight is 349 g/mol. The number of nitrogens with zero attached hydrogens (tertiary/aromatic N) is 1. The lowest BCUT2D eigenvalue weighted by molar-refractivity contribution is -0.141. The zero-order valence-electron chi connectivity index (χ0n) is 14.1. The molecular weight excluding hydrogens is 326 g/mol. The highest BCUT2D eigenvalue weighted by Gasteiger charge is 2.26. The van der Waals surface area contributed by atoms with E-state index in [0.29, 0.717) is 25.3 Å².